The minimum Gasteiger partial charge on any atom is -0.493 e. The van der Waals surface area contributed by atoms with E-state index in [0.717, 1.165) is 31.7 Å². The smallest absolute Gasteiger partial charge is 0.241 e. The van der Waals surface area contributed by atoms with Gasteiger partial charge in [-0.25, -0.2) is 5.43 Å². The molecule has 0 unspecified atom stereocenters. The number of piperazine rings is 1. The molecule has 1 heterocycles. The first kappa shape index (κ1) is 25.4. The van der Waals surface area contributed by atoms with Gasteiger partial charge in [-0.15, -0.1) is 0 Å². The molecule has 0 radical (unpaired) electrons. The fraction of sp³-hybridized carbons (Fsp3) is 0.310. The molecule has 7 nitrogen and oxygen atoms in total. The third-order valence-electron chi connectivity index (χ3n) is 6.47. The van der Waals surface area contributed by atoms with E-state index in [1.54, 1.807) is 20.4 Å². The minimum absolute atomic E-state index is 0.0967. The molecular weight excluding hydrogens is 452 g/mol. The lowest BCUT2D eigenvalue weighted by Crippen LogP contribution is -2.48. The summed E-state index contributed by atoms with van der Waals surface area (Å²) < 4.78 is 10.5. The number of hydrogen-bond donors (Lipinski definition) is 1. The highest BCUT2D eigenvalue weighted by atomic mass is 16.5. The van der Waals surface area contributed by atoms with Crippen LogP contribution in [0, 0.1) is 0 Å². The molecule has 36 heavy (non-hydrogen) atoms. The highest BCUT2D eigenvalue weighted by molar-refractivity contribution is 5.83. The highest BCUT2D eigenvalue weighted by Gasteiger charge is 2.26. The molecule has 3 aromatic carbocycles. The van der Waals surface area contributed by atoms with Crippen LogP contribution in [0.4, 0.5) is 0 Å². The molecule has 1 N–H and O–H groups in total. The molecule has 188 valence electrons. The van der Waals surface area contributed by atoms with Gasteiger partial charge in [0.1, 0.15) is 0 Å². The largest absolute Gasteiger partial charge is 0.493 e. The van der Waals surface area contributed by atoms with Gasteiger partial charge in [0.2, 0.25) is 5.91 Å². The summed E-state index contributed by atoms with van der Waals surface area (Å²) in [5.74, 6) is 1.17. The maximum absolute atomic E-state index is 12.3. The van der Waals surface area contributed by atoms with Crippen molar-refractivity contribution in [1.82, 2.24) is 15.2 Å². The second kappa shape index (κ2) is 12.9. The minimum atomic E-state index is -0.0967. The number of rotatable bonds is 10. The van der Waals surface area contributed by atoms with Gasteiger partial charge in [-0.1, -0.05) is 60.7 Å². The normalized spacial score (nSPS) is 14.8. The van der Waals surface area contributed by atoms with Crippen molar-refractivity contribution in [3.8, 4) is 11.5 Å². The van der Waals surface area contributed by atoms with Crippen LogP contribution in [-0.4, -0.2) is 68.9 Å². The first-order chi connectivity index (χ1) is 17.7. The summed E-state index contributed by atoms with van der Waals surface area (Å²) in [5, 5.41) is 4.09. The Balaban J connectivity index is 1.26. The van der Waals surface area contributed by atoms with Crippen LogP contribution >= 0.6 is 0 Å². The van der Waals surface area contributed by atoms with Crippen molar-refractivity contribution < 1.29 is 14.3 Å². The fourth-order valence-corrected chi connectivity index (χ4v) is 4.56. The van der Waals surface area contributed by atoms with E-state index >= 15 is 0 Å². The van der Waals surface area contributed by atoms with Crippen LogP contribution in [0.25, 0.3) is 0 Å². The zero-order chi connectivity index (χ0) is 25.2. The van der Waals surface area contributed by atoms with Crippen LogP contribution in [0.3, 0.4) is 0 Å². The zero-order valence-electron chi connectivity index (χ0n) is 21.0. The number of hydrazone groups is 1. The van der Waals surface area contributed by atoms with Gasteiger partial charge in [0, 0.05) is 39.1 Å². The third-order valence-corrected chi connectivity index (χ3v) is 6.47. The predicted octanol–water partition coefficient (Wildman–Crippen LogP) is 3.95. The molecule has 1 aliphatic heterocycles. The van der Waals surface area contributed by atoms with Gasteiger partial charge in [-0.2, -0.15) is 5.10 Å². The Morgan fingerprint density at radius 3 is 2.08 bits per heavy atom. The molecule has 0 aromatic heterocycles. The quantitative estimate of drug-likeness (QED) is 0.347. The summed E-state index contributed by atoms with van der Waals surface area (Å²) in [6, 6.07) is 27.1. The maximum atomic E-state index is 12.3. The number of carbonyl (C=O) groups excluding carboxylic acids is 1. The number of nitrogens with one attached hydrogen (secondary N) is 1. The van der Waals surface area contributed by atoms with Crippen LogP contribution in [0.2, 0.25) is 0 Å². The number of amides is 1. The van der Waals surface area contributed by atoms with E-state index < -0.39 is 0 Å². The lowest BCUT2D eigenvalue weighted by atomic mass is 9.96. The molecule has 3 aromatic rings. The molecule has 0 bridgehead atoms. The molecule has 4 rings (SSSR count). The lowest BCUT2D eigenvalue weighted by molar-refractivity contribution is -0.121. The number of nitrogens with zero attached hydrogens (tertiary/aromatic N) is 3. The molecule has 0 spiro atoms. The Kier molecular flexibility index (Phi) is 9.08. The van der Waals surface area contributed by atoms with Gasteiger partial charge in [0.05, 0.1) is 26.5 Å². The lowest BCUT2D eigenvalue weighted by Gasteiger charge is -2.39. The van der Waals surface area contributed by atoms with E-state index in [1.807, 2.05) is 18.2 Å². The van der Waals surface area contributed by atoms with Gasteiger partial charge >= 0.3 is 0 Å². The van der Waals surface area contributed by atoms with Crippen molar-refractivity contribution in [3.05, 3.63) is 95.6 Å². The SMILES string of the molecule is COc1ccc(/C=N\NC(=O)CCN2CCN(C(c3ccccc3)c3ccccc3)CC2)cc1OC. The van der Waals surface area contributed by atoms with Crippen LogP contribution < -0.4 is 14.9 Å². The molecule has 1 saturated heterocycles. The molecule has 0 atom stereocenters. The molecular formula is C29H34N4O3. The van der Waals surface area contributed by atoms with E-state index in [-0.39, 0.29) is 11.9 Å². The van der Waals surface area contributed by atoms with Crippen molar-refractivity contribution in [1.29, 1.82) is 0 Å². The molecule has 1 aliphatic rings. The van der Waals surface area contributed by atoms with E-state index in [9.17, 15) is 4.79 Å². The summed E-state index contributed by atoms with van der Waals surface area (Å²) in [4.78, 5) is 17.2. The summed E-state index contributed by atoms with van der Waals surface area (Å²) in [6.45, 7) is 4.48. The Bertz CT molecular complexity index is 1090. The third kappa shape index (κ3) is 6.71. The van der Waals surface area contributed by atoms with Crippen molar-refractivity contribution in [3.63, 3.8) is 0 Å². The molecule has 0 saturated carbocycles. The number of methoxy groups -OCH3 is 2. The standard InChI is InChI=1S/C29H34N4O3/c1-35-26-14-13-23(21-27(26)36-2)22-30-31-28(34)15-16-32-17-19-33(20-18-32)29(24-9-5-3-6-10-24)25-11-7-4-8-12-25/h3-14,21-22,29H,15-20H2,1-2H3,(H,31,34)/b30-22-. The first-order valence-corrected chi connectivity index (χ1v) is 12.3. The van der Waals surface area contributed by atoms with Gasteiger partial charge < -0.3 is 14.4 Å². The molecule has 0 aliphatic carbocycles. The molecule has 1 fully saturated rings. The number of ether oxygens (including phenoxy) is 2. The van der Waals surface area contributed by atoms with E-state index in [1.165, 1.54) is 11.1 Å². The summed E-state index contributed by atoms with van der Waals surface area (Å²) in [6.07, 6.45) is 2.01. The second-order valence-electron chi connectivity index (χ2n) is 8.76. The average Bonchev–Trinajstić information content (AvgIpc) is 2.94. The van der Waals surface area contributed by atoms with Crippen molar-refractivity contribution >= 4 is 12.1 Å². The zero-order valence-corrected chi connectivity index (χ0v) is 21.0. The van der Waals surface area contributed by atoms with Gasteiger partial charge in [-0.3, -0.25) is 9.69 Å². The van der Waals surface area contributed by atoms with Crippen LogP contribution in [0.5, 0.6) is 11.5 Å². The van der Waals surface area contributed by atoms with Crippen LogP contribution in [-0.2, 0) is 4.79 Å². The second-order valence-corrected chi connectivity index (χ2v) is 8.76. The van der Waals surface area contributed by atoms with Gasteiger partial charge in [0.15, 0.2) is 11.5 Å². The summed E-state index contributed by atoms with van der Waals surface area (Å²) in [7, 11) is 3.18. The van der Waals surface area contributed by atoms with E-state index in [2.05, 4.69) is 81.0 Å². The monoisotopic (exact) mass is 486 g/mol. The number of carbonyl (C=O) groups is 1. The van der Waals surface area contributed by atoms with Crippen molar-refractivity contribution in [2.45, 2.75) is 12.5 Å². The summed E-state index contributed by atoms with van der Waals surface area (Å²) >= 11 is 0. The van der Waals surface area contributed by atoms with Gasteiger partial charge in [-0.05, 0) is 34.9 Å². The Labute approximate surface area is 213 Å². The average molecular weight is 487 g/mol. The fourth-order valence-electron chi connectivity index (χ4n) is 4.56. The van der Waals surface area contributed by atoms with Gasteiger partial charge in [0.25, 0.3) is 0 Å². The van der Waals surface area contributed by atoms with Crippen molar-refractivity contribution in [2.24, 2.45) is 5.10 Å². The van der Waals surface area contributed by atoms with E-state index in [0.29, 0.717) is 24.5 Å². The highest BCUT2D eigenvalue weighted by Crippen LogP contribution is 2.29. The Morgan fingerprint density at radius 2 is 1.50 bits per heavy atom. The molecule has 7 heteroatoms. The van der Waals surface area contributed by atoms with Crippen molar-refractivity contribution in [2.75, 3.05) is 46.9 Å². The number of hydrogen-bond acceptors (Lipinski definition) is 6. The van der Waals surface area contributed by atoms with E-state index in [4.69, 9.17) is 9.47 Å². The van der Waals surface area contributed by atoms with Crippen LogP contribution in [0.1, 0.15) is 29.2 Å². The Morgan fingerprint density at radius 1 is 0.889 bits per heavy atom. The maximum Gasteiger partial charge on any atom is 0.241 e. The topological polar surface area (TPSA) is 66.4 Å². The predicted molar refractivity (Wildman–Crippen MR) is 143 cm³/mol. The Hall–Kier alpha value is -3.68. The van der Waals surface area contributed by atoms with Crippen LogP contribution in [0.15, 0.2) is 84.0 Å². The summed E-state index contributed by atoms with van der Waals surface area (Å²) in [5.41, 5.74) is 6.06. The molecule has 1 amide bonds. The number of benzene rings is 3. The first-order valence-electron chi connectivity index (χ1n) is 12.3.